The number of anilines is 2. The van der Waals surface area contributed by atoms with Gasteiger partial charge in [0.05, 0.1) is 30.2 Å². The Bertz CT molecular complexity index is 859. The number of nitrogens with one attached hydrogen (secondary N) is 3. The second-order valence-corrected chi connectivity index (χ2v) is 5.83. The molecule has 3 amide bonds. The van der Waals surface area contributed by atoms with Crippen molar-refractivity contribution >= 4 is 29.3 Å². The maximum atomic E-state index is 12.3. The summed E-state index contributed by atoms with van der Waals surface area (Å²) in [4.78, 5) is 35.8. The summed E-state index contributed by atoms with van der Waals surface area (Å²) in [5, 5.41) is 12.0. The van der Waals surface area contributed by atoms with Gasteiger partial charge in [-0.2, -0.15) is 5.10 Å². The Balaban J connectivity index is 1.93. The van der Waals surface area contributed by atoms with E-state index in [2.05, 4.69) is 21.0 Å². The van der Waals surface area contributed by atoms with Crippen molar-refractivity contribution in [2.45, 2.75) is 20.8 Å². The fourth-order valence-corrected chi connectivity index (χ4v) is 2.42. The fraction of sp³-hybridized carbons (Fsp3) is 0.333. The quantitative estimate of drug-likeness (QED) is 0.716. The van der Waals surface area contributed by atoms with Crippen LogP contribution in [0.25, 0.3) is 0 Å². The third-order valence-corrected chi connectivity index (χ3v) is 3.83. The van der Waals surface area contributed by atoms with Crippen molar-refractivity contribution < 1.29 is 19.1 Å². The average molecular weight is 373 g/mol. The van der Waals surface area contributed by atoms with Gasteiger partial charge in [0.1, 0.15) is 0 Å². The number of carbonyl (C=O) groups excluding carboxylic acids is 3. The van der Waals surface area contributed by atoms with Crippen LogP contribution in [0.4, 0.5) is 16.2 Å². The molecule has 0 unspecified atom stereocenters. The molecule has 0 aliphatic heterocycles. The van der Waals surface area contributed by atoms with Crippen molar-refractivity contribution in [1.82, 2.24) is 15.1 Å². The van der Waals surface area contributed by atoms with E-state index in [9.17, 15) is 14.4 Å². The predicted octanol–water partition coefficient (Wildman–Crippen LogP) is 1.97. The van der Waals surface area contributed by atoms with Gasteiger partial charge in [-0.1, -0.05) is 6.07 Å². The number of carbonyl (C=O) groups is 3. The van der Waals surface area contributed by atoms with E-state index in [-0.39, 0.29) is 19.1 Å². The van der Waals surface area contributed by atoms with Gasteiger partial charge in [-0.05, 0) is 39.0 Å². The molecular weight excluding hydrogens is 350 g/mol. The molecule has 1 aromatic heterocycles. The van der Waals surface area contributed by atoms with E-state index in [0.717, 1.165) is 5.69 Å². The van der Waals surface area contributed by atoms with E-state index in [0.29, 0.717) is 22.6 Å². The second kappa shape index (κ2) is 8.84. The van der Waals surface area contributed by atoms with Gasteiger partial charge >= 0.3 is 6.09 Å². The monoisotopic (exact) mass is 373 g/mol. The Kier molecular flexibility index (Phi) is 6.53. The molecule has 0 saturated heterocycles. The Morgan fingerprint density at radius 1 is 1.19 bits per heavy atom. The lowest BCUT2D eigenvalue weighted by molar-refractivity contribution is -0.115. The summed E-state index contributed by atoms with van der Waals surface area (Å²) in [5.41, 5.74) is 2.90. The van der Waals surface area contributed by atoms with Crippen LogP contribution in [0.15, 0.2) is 24.3 Å². The lowest BCUT2D eigenvalue weighted by Crippen LogP contribution is -2.33. The number of ether oxygens (including phenoxy) is 1. The number of aryl methyl sites for hydroxylation is 2. The van der Waals surface area contributed by atoms with Crippen LogP contribution in [-0.2, 0) is 16.6 Å². The van der Waals surface area contributed by atoms with Crippen molar-refractivity contribution in [3.63, 3.8) is 0 Å². The van der Waals surface area contributed by atoms with Gasteiger partial charge in [0.15, 0.2) is 0 Å². The van der Waals surface area contributed by atoms with Gasteiger partial charge in [-0.25, -0.2) is 4.79 Å². The third kappa shape index (κ3) is 5.30. The molecule has 0 radical (unpaired) electrons. The van der Waals surface area contributed by atoms with Gasteiger partial charge in [-0.15, -0.1) is 0 Å². The minimum atomic E-state index is -0.600. The van der Waals surface area contributed by atoms with Crippen LogP contribution >= 0.6 is 0 Å². The molecule has 9 nitrogen and oxygen atoms in total. The van der Waals surface area contributed by atoms with E-state index in [1.807, 2.05) is 6.92 Å². The zero-order valence-corrected chi connectivity index (χ0v) is 15.8. The van der Waals surface area contributed by atoms with Crippen LogP contribution in [0.2, 0.25) is 0 Å². The van der Waals surface area contributed by atoms with Crippen molar-refractivity contribution in [3.05, 3.63) is 41.2 Å². The molecule has 3 N–H and O–H groups in total. The topological polar surface area (TPSA) is 114 Å². The number of rotatable bonds is 6. The Labute approximate surface area is 157 Å². The zero-order chi connectivity index (χ0) is 20.0. The fourth-order valence-electron chi connectivity index (χ4n) is 2.42. The number of amides is 3. The molecule has 2 aromatic rings. The van der Waals surface area contributed by atoms with Crippen molar-refractivity contribution in [1.29, 1.82) is 0 Å². The van der Waals surface area contributed by atoms with Gasteiger partial charge in [-0.3, -0.25) is 19.6 Å². The normalized spacial score (nSPS) is 10.2. The number of benzene rings is 1. The molecule has 0 atom stereocenters. The molecule has 1 heterocycles. The molecular formula is C18H23N5O4. The summed E-state index contributed by atoms with van der Waals surface area (Å²) in [5.74, 6) is -0.791. The van der Waals surface area contributed by atoms with Crippen LogP contribution in [0, 0.1) is 13.8 Å². The van der Waals surface area contributed by atoms with E-state index in [1.54, 1.807) is 43.8 Å². The van der Waals surface area contributed by atoms with Crippen molar-refractivity contribution in [3.8, 4) is 0 Å². The summed E-state index contributed by atoms with van der Waals surface area (Å²) in [6, 6.07) is 6.34. The van der Waals surface area contributed by atoms with E-state index in [4.69, 9.17) is 4.74 Å². The summed E-state index contributed by atoms with van der Waals surface area (Å²) in [6.45, 7) is 5.39. The summed E-state index contributed by atoms with van der Waals surface area (Å²) >= 11 is 0. The first kappa shape index (κ1) is 20.0. The molecule has 0 bridgehead atoms. The number of hydrogen-bond donors (Lipinski definition) is 3. The molecule has 9 heteroatoms. The lowest BCUT2D eigenvalue weighted by atomic mass is 10.2. The summed E-state index contributed by atoms with van der Waals surface area (Å²) in [7, 11) is 1.79. The SMILES string of the molecule is CCOC(=O)Nc1cccc(C(=O)NCC(=O)Nc2c(C)nn(C)c2C)c1. The Morgan fingerprint density at radius 3 is 2.56 bits per heavy atom. The van der Waals surface area contributed by atoms with Crippen LogP contribution in [0.3, 0.4) is 0 Å². The first-order valence-electron chi connectivity index (χ1n) is 8.44. The minimum Gasteiger partial charge on any atom is -0.450 e. The van der Waals surface area contributed by atoms with E-state index < -0.39 is 12.0 Å². The largest absolute Gasteiger partial charge is 0.450 e. The summed E-state index contributed by atoms with van der Waals surface area (Å²) in [6.07, 6.45) is -0.600. The van der Waals surface area contributed by atoms with Crippen molar-refractivity contribution in [2.24, 2.45) is 7.05 Å². The molecule has 27 heavy (non-hydrogen) atoms. The van der Waals surface area contributed by atoms with Crippen molar-refractivity contribution in [2.75, 3.05) is 23.8 Å². The highest BCUT2D eigenvalue weighted by atomic mass is 16.5. The molecule has 0 fully saturated rings. The molecule has 2 rings (SSSR count). The van der Waals surface area contributed by atoms with Gasteiger partial charge in [0, 0.05) is 18.3 Å². The first-order valence-corrected chi connectivity index (χ1v) is 8.44. The standard InChI is InChI=1S/C18H23N5O4/c1-5-27-18(26)20-14-8-6-7-13(9-14)17(25)19-10-15(24)21-16-11(2)22-23(4)12(16)3/h6-9H,5,10H2,1-4H3,(H,19,25)(H,20,26)(H,21,24). The smallest absolute Gasteiger partial charge is 0.411 e. The third-order valence-electron chi connectivity index (χ3n) is 3.83. The van der Waals surface area contributed by atoms with E-state index in [1.165, 1.54) is 6.07 Å². The molecule has 144 valence electrons. The average Bonchev–Trinajstić information content (AvgIpc) is 2.86. The van der Waals surface area contributed by atoms with Crippen LogP contribution in [-0.4, -0.2) is 40.8 Å². The first-order chi connectivity index (χ1) is 12.8. The maximum absolute atomic E-state index is 12.3. The Hall–Kier alpha value is -3.36. The lowest BCUT2D eigenvalue weighted by Gasteiger charge is -2.09. The van der Waals surface area contributed by atoms with Gasteiger partial charge < -0.3 is 15.4 Å². The van der Waals surface area contributed by atoms with Crippen LogP contribution in [0.5, 0.6) is 0 Å². The molecule has 0 aliphatic rings. The maximum Gasteiger partial charge on any atom is 0.411 e. The highest BCUT2D eigenvalue weighted by Crippen LogP contribution is 2.18. The predicted molar refractivity (Wildman–Crippen MR) is 101 cm³/mol. The van der Waals surface area contributed by atoms with Gasteiger partial charge in [0.2, 0.25) is 5.91 Å². The highest BCUT2D eigenvalue weighted by molar-refractivity contribution is 6.00. The summed E-state index contributed by atoms with van der Waals surface area (Å²) < 4.78 is 6.46. The second-order valence-electron chi connectivity index (χ2n) is 5.83. The van der Waals surface area contributed by atoms with Crippen LogP contribution < -0.4 is 16.0 Å². The zero-order valence-electron chi connectivity index (χ0n) is 15.8. The number of nitrogens with zero attached hydrogens (tertiary/aromatic N) is 2. The van der Waals surface area contributed by atoms with Gasteiger partial charge in [0.25, 0.3) is 5.91 Å². The molecule has 0 aliphatic carbocycles. The van der Waals surface area contributed by atoms with Crippen LogP contribution in [0.1, 0.15) is 28.7 Å². The number of hydrogen-bond acceptors (Lipinski definition) is 5. The number of aromatic nitrogens is 2. The molecule has 0 spiro atoms. The molecule has 0 saturated carbocycles. The minimum absolute atomic E-state index is 0.192. The van der Waals surface area contributed by atoms with E-state index >= 15 is 0 Å². The Morgan fingerprint density at radius 2 is 1.93 bits per heavy atom. The highest BCUT2D eigenvalue weighted by Gasteiger charge is 2.14. The molecule has 1 aromatic carbocycles.